The van der Waals surface area contributed by atoms with Crippen LogP contribution in [0.2, 0.25) is 0 Å². The van der Waals surface area contributed by atoms with E-state index in [-0.39, 0.29) is 5.60 Å². The number of hydrogen-bond donors (Lipinski definition) is 0. The molecule has 3 aliphatic rings. The predicted molar refractivity (Wildman–Crippen MR) is 72.5 cm³/mol. The Bertz CT molecular complexity index is 504. The van der Waals surface area contributed by atoms with Crippen LogP contribution >= 0.6 is 0 Å². The minimum atomic E-state index is 0.0555. The number of hydrogen-bond acceptors (Lipinski definition) is 1. The first-order valence-corrected chi connectivity index (χ1v) is 7.29. The van der Waals surface area contributed by atoms with Crippen molar-refractivity contribution in [3.05, 3.63) is 35.4 Å². The normalized spacial score (nSPS) is 43.6. The fourth-order valence-electron chi connectivity index (χ4n) is 4.82. The third kappa shape index (κ3) is 1.17. The van der Waals surface area contributed by atoms with E-state index in [0.29, 0.717) is 17.4 Å². The van der Waals surface area contributed by atoms with Crippen molar-refractivity contribution in [2.24, 2.45) is 11.8 Å². The predicted octanol–water partition coefficient (Wildman–Crippen LogP) is 4.22. The molecule has 4 rings (SSSR count). The van der Waals surface area contributed by atoms with Gasteiger partial charge in [0.25, 0.3) is 0 Å². The molecule has 0 unspecified atom stereocenters. The average Bonchev–Trinajstić information content (AvgIpc) is 2.61. The quantitative estimate of drug-likeness (QED) is 0.661. The van der Waals surface area contributed by atoms with Crippen LogP contribution in [0.25, 0.3) is 0 Å². The summed E-state index contributed by atoms with van der Waals surface area (Å²) in [5, 5.41) is 0. The molecule has 1 saturated heterocycles. The van der Waals surface area contributed by atoms with E-state index in [4.69, 9.17) is 4.74 Å². The highest BCUT2D eigenvalue weighted by atomic mass is 16.5. The molecule has 18 heavy (non-hydrogen) atoms. The lowest BCUT2D eigenvalue weighted by Crippen LogP contribution is -2.50. The van der Waals surface area contributed by atoms with Crippen molar-refractivity contribution in [1.82, 2.24) is 0 Å². The summed E-state index contributed by atoms with van der Waals surface area (Å²) in [6.45, 7) is 7.04. The number of ether oxygens (including phenoxy) is 1. The van der Waals surface area contributed by atoms with E-state index in [2.05, 4.69) is 45.0 Å². The molecule has 2 aliphatic carbocycles. The van der Waals surface area contributed by atoms with Gasteiger partial charge in [0.1, 0.15) is 0 Å². The zero-order valence-electron chi connectivity index (χ0n) is 11.6. The number of benzene rings is 1. The van der Waals surface area contributed by atoms with Crippen LogP contribution in [0.1, 0.15) is 57.3 Å². The van der Waals surface area contributed by atoms with Gasteiger partial charge in [-0.25, -0.2) is 0 Å². The fourth-order valence-corrected chi connectivity index (χ4v) is 4.82. The summed E-state index contributed by atoms with van der Waals surface area (Å²) in [5.41, 5.74) is 3.46. The van der Waals surface area contributed by atoms with Crippen molar-refractivity contribution in [2.75, 3.05) is 0 Å². The first-order valence-electron chi connectivity index (χ1n) is 7.29. The number of rotatable bonds is 0. The summed E-state index contributed by atoms with van der Waals surface area (Å²) in [6, 6.07) is 8.99. The summed E-state index contributed by atoms with van der Waals surface area (Å²) in [5.74, 6) is 1.46. The van der Waals surface area contributed by atoms with Crippen LogP contribution in [0.4, 0.5) is 0 Å². The maximum Gasteiger partial charge on any atom is 0.0871 e. The SMILES string of the molecule is CC1(C)O[C@@H]2c3ccccc3[C@]3(C)CC[C@H]1C[C@H]23. The van der Waals surface area contributed by atoms with Gasteiger partial charge in [0.05, 0.1) is 11.7 Å². The molecule has 1 heteroatoms. The molecule has 0 N–H and O–H groups in total. The first kappa shape index (κ1) is 11.0. The molecule has 1 saturated carbocycles. The molecule has 1 aromatic carbocycles. The molecule has 1 nitrogen and oxygen atoms in total. The molecule has 96 valence electrons. The monoisotopic (exact) mass is 242 g/mol. The molecule has 2 fully saturated rings. The Balaban J connectivity index is 1.91. The lowest BCUT2D eigenvalue weighted by molar-refractivity contribution is -0.192. The summed E-state index contributed by atoms with van der Waals surface area (Å²) < 4.78 is 6.52. The maximum absolute atomic E-state index is 6.52. The van der Waals surface area contributed by atoms with Gasteiger partial charge >= 0.3 is 0 Å². The van der Waals surface area contributed by atoms with Gasteiger partial charge in [0.15, 0.2) is 0 Å². The number of fused-ring (bicyclic) bond motifs is 4. The minimum Gasteiger partial charge on any atom is -0.367 e. The fraction of sp³-hybridized carbons (Fsp3) is 0.647. The van der Waals surface area contributed by atoms with E-state index in [1.165, 1.54) is 24.8 Å². The van der Waals surface area contributed by atoms with Crippen molar-refractivity contribution >= 4 is 0 Å². The molecule has 0 aromatic heterocycles. The van der Waals surface area contributed by atoms with Crippen LogP contribution in [0.5, 0.6) is 0 Å². The van der Waals surface area contributed by atoms with Gasteiger partial charge in [-0.05, 0) is 61.5 Å². The van der Waals surface area contributed by atoms with Gasteiger partial charge in [-0.3, -0.25) is 0 Å². The Labute approximate surface area is 110 Å². The van der Waals surface area contributed by atoms with E-state index < -0.39 is 0 Å². The molecule has 0 radical (unpaired) electrons. The van der Waals surface area contributed by atoms with E-state index in [1.807, 2.05) is 0 Å². The first-order chi connectivity index (χ1) is 8.52. The van der Waals surface area contributed by atoms with Crippen LogP contribution in [-0.2, 0) is 10.2 Å². The third-order valence-electron chi connectivity index (χ3n) is 6.03. The van der Waals surface area contributed by atoms with Crippen LogP contribution in [-0.4, -0.2) is 5.60 Å². The Hall–Kier alpha value is -0.820. The van der Waals surface area contributed by atoms with Crippen molar-refractivity contribution in [3.63, 3.8) is 0 Å². The van der Waals surface area contributed by atoms with Crippen LogP contribution < -0.4 is 0 Å². The van der Waals surface area contributed by atoms with Crippen molar-refractivity contribution in [2.45, 2.75) is 57.2 Å². The average molecular weight is 242 g/mol. The highest BCUT2D eigenvalue weighted by molar-refractivity contribution is 5.44. The lowest BCUT2D eigenvalue weighted by Gasteiger charge is -2.52. The molecule has 1 heterocycles. The second kappa shape index (κ2) is 3.19. The lowest BCUT2D eigenvalue weighted by atomic mass is 9.60. The molecule has 0 amide bonds. The summed E-state index contributed by atoms with van der Waals surface area (Å²) in [4.78, 5) is 0. The van der Waals surface area contributed by atoms with E-state index in [9.17, 15) is 0 Å². The van der Waals surface area contributed by atoms with Crippen LogP contribution in [0.3, 0.4) is 0 Å². The van der Waals surface area contributed by atoms with E-state index in [1.54, 1.807) is 5.56 Å². The minimum absolute atomic E-state index is 0.0555. The molecule has 0 spiro atoms. The Morgan fingerprint density at radius 1 is 1.17 bits per heavy atom. The molecular weight excluding hydrogens is 220 g/mol. The Morgan fingerprint density at radius 2 is 1.94 bits per heavy atom. The third-order valence-corrected chi connectivity index (χ3v) is 6.03. The maximum atomic E-state index is 6.52. The summed E-state index contributed by atoms with van der Waals surface area (Å²) >= 11 is 0. The second-order valence-electron chi connectivity index (χ2n) is 7.22. The molecular formula is C17H22O. The standard InChI is InChI=1S/C17H22O/c1-16(2)11-8-9-17(3)13-7-5-4-6-12(13)15(18-16)14(17)10-11/h4-7,11,14-15H,8-10H2,1-3H3/t11-,14+,15+,17-/m0/s1. The molecule has 1 aliphatic heterocycles. The zero-order valence-corrected chi connectivity index (χ0v) is 11.6. The summed E-state index contributed by atoms with van der Waals surface area (Å²) in [7, 11) is 0. The second-order valence-corrected chi connectivity index (χ2v) is 7.22. The molecule has 1 aromatic rings. The van der Waals surface area contributed by atoms with Crippen LogP contribution in [0, 0.1) is 11.8 Å². The largest absolute Gasteiger partial charge is 0.367 e. The van der Waals surface area contributed by atoms with Gasteiger partial charge in [0, 0.05) is 0 Å². The van der Waals surface area contributed by atoms with Crippen molar-refractivity contribution < 1.29 is 4.74 Å². The van der Waals surface area contributed by atoms with Gasteiger partial charge in [-0.2, -0.15) is 0 Å². The molecule has 2 bridgehead atoms. The van der Waals surface area contributed by atoms with E-state index in [0.717, 1.165) is 5.92 Å². The van der Waals surface area contributed by atoms with Gasteiger partial charge < -0.3 is 4.74 Å². The van der Waals surface area contributed by atoms with Gasteiger partial charge in [-0.15, -0.1) is 0 Å². The highest BCUT2D eigenvalue weighted by Crippen LogP contribution is 2.63. The van der Waals surface area contributed by atoms with Crippen molar-refractivity contribution in [3.8, 4) is 0 Å². The van der Waals surface area contributed by atoms with Gasteiger partial charge in [-0.1, -0.05) is 31.2 Å². The Kier molecular flexibility index (Phi) is 1.96. The highest BCUT2D eigenvalue weighted by Gasteiger charge is 2.58. The van der Waals surface area contributed by atoms with E-state index >= 15 is 0 Å². The topological polar surface area (TPSA) is 9.23 Å². The van der Waals surface area contributed by atoms with Crippen LogP contribution in [0.15, 0.2) is 24.3 Å². The zero-order chi connectivity index (χ0) is 12.5. The Morgan fingerprint density at radius 3 is 2.78 bits per heavy atom. The van der Waals surface area contributed by atoms with Crippen molar-refractivity contribution in [1.29, 1.82) is 0 Å². The smallest absolute Gasteiger partial charge is 0.0871 e. The summed E-state index contributed by atoms with van der Waals surface area (Å²) in [6.07, 6.45) is 4.35. The van der Waals surface area contributed by atoms with Gasteiger partial charge in [0.2, 0.25) is 0 Å². The molecule has 4 atom stereocenters.